The smallest absolute Gasteiger partial charge is 0.320 e. The van der Waals surface area contributed by atoms with Gasteiger partial charge in [0.2, 0.25) is 5.91 Å². The van der Waals surface area contributed by atoms with Crippen LogP contribution in [-0.2, 0) is 9.59 Å². The average Bonchev–Trinajstić information content (AvgIpc) is 2.33. The first kappa shape index (κ1) is 15.5. The van der Waals surface area contributed by atoms with Crippen molar-refractivity contribution >= 4 is 11.9 Å². The van der Waals surface area contributed by atoms with Crippen molar-refractivity contribution in [1.82, 2.24) is 10.6 Å². The van der Waals surface area contributed by atoms with Crippen LogP contribution in [0.2, 0.25) is 0 Å². The van der Waals surface area contributed by atoms with Crippen molar-refractivity contribution in [3.05, 3.63) is 0 Å². The van der Waals surface area contributed by atoms with Crippen LogP contribution in [0.25, 0.3) is 0 Å². The molecule has 0 spiro atoms. The topological polar surface area (TPSA) is 78.4 Å². The minimum atomic E-state index is -0.994. The number of carboxylic acid groups (broad SMARTS) is 1. The summed E-state index contributed by atoms with van der Waals surface area (Å²) in [6.45, 7) is 5.22. The summed E-state index contributed by atoms with van der Waals surface area (Å²) in [7, 11) is 0. The summed E-state index contributed by atoms with van der Waals surface area (Å²) in [6.07, 6.45) is 6.68. The van der Waals surface area contributed by atoms with Gasteiger partial charge in [-0.1, -0.05) is 19.8 Å². The maximum Gasteiger partial charge on any atom is 0.320 e. The summed E-state index contributed by atoms with van der Waals surface area (Å²) in [5.74, 6) is 1.29. The maximum atomic E-state index is 11.6. The molecule has 0 saturated heterocycles. The number of carboxylic acids is 1. The number of carbonyl (C=O) groups is 2. The van der Waals surface area contributed by atoms with E-state index in [1.54, 1.807) is 0 Å². The summed E-state index contributed by atoms with van der Waals surface area (Å²) < 4.78 is 0. The van der Waals surface area contributed by atoms with Crippen molar-refractivity contribution in [2.45, 2.75) is 45.2 Å². The summed E-state index contributed by atoms with van der Waals surface area (Å²) >= 11 is 0. The molecule has 0 heterocycles. The van der Waals surface area contributed by atoms with Gasteiger partial charge in [-0.05, 0) is 19.8 Å². The highest BCUT2D eigenvalue weighted by Crippen LogP contribution is 2.12. The SMILES string of the molecule is C#CC(CC)(CC)NC(=O)CNC(C)C(=O)O. The Balaban J connectivity index is 4.27. The van der Waals surface area contributed by atoms with Crippen molar-refractivity contribution in [3.8, 4) is 12.3 Å². The molecule has 0 aliphatic rings. The van der Waals surface area contributed by atoms with Crippen LogP contribution < -0.4 is 10.6 Å². The third kappa shape index (κ3) is 4.87. The highest BCUT2D eigenvalue weighted by molar-refractivity contribution is 5.80. The van der Waals surface area contributed by atoms with Crippen LogP contribution in [0.5, 0.6) is 0 Å². The number of amides is 1. The predicted molar refractivity (Wildman–Crippen MR) is 65.4 cm³/mol. The second-order valence-corrected chi connectivity index (χ2v) is 3.92. The van der Waals surface area contributed by atoms with Gasteiger partial charge in [0.1, 0.15) is 11.6 Å². The lowest BCUT2D eigenvalue weighted by Crippen LogP contribution is -2.50. The maximum absolute atomic E-state index is 11.6. The third-order valence-corrected chi connectivity index (χ3v) is 2.80. The van der Waals surface area contributed by atoms with E-state index < -0.39 is 17.6 Å². The lowest BCUT2D eigenvalue weighted by atomic mass is 9.94. The Bertz CT molecular complexity index is 316. The molecule has 0 aliphatic carbocycles. The van der Waals surface area contributed by atoms with Gasteiger partial charge in [0, 0.05) is 0 Å². The molecule has 1 unspecified atom stereocenters. The molecule has 17 heavy (non-hydrogen) atoms. The van der Waals surface area contributed by atoms with Gasteiger partial charge in [-0.3, -0.25) is 14.9 Å². The minimum absolute atomic E-state index is 0.0586. The first-order chi connectivity index (χ1) is 7.90. The van der Waals surface area contributed by atoms with E-state index in [-0.39, 0.29) is 12.5 Å². The Hall–Kier alpha value is -1.54. The number of terminal acetylenes is 1. The lowest BCUT2D eigenvalue weighted by molar-refractivity contribution is -0.139. The number of hydrogen-bond donors (Lipinski definition) is 3. The molecule has 0 aromatic rings. The van der Waals surface area contributed by atoms with Crippen LogP contribution in [0, 0.1) is 12.3 Å². The zero-order valence-corrected chi connectivity index (χ0v) is 10.5. The van der Waals surface area contributed by atoms with Gasteiger partial charge in [-0.15, -0.1) is 6.42 Å². The van der Waals surface area contributed by atoms with Gasteiger partial charge in [0.25, 0.3) is 0 Å². The van der Waals surface area contributed by atoms with Gasteiger partial charge in [-0.25, -0.2) is 0 Å². The summed E-state index contributed by atoms with van der Waals surface area (Å²) in [5.41, 5.74) is -0.634. The molecule has 0 rings (SSSR count). The van der Waals surface area contributed by atoms with Gasteiger partial charge in [0.05, 0.1) is 6.54 Å². The molecule has 5 nitrogen and oxygen atoms in total. The highest BCUT2D eigenvalue weighted by atomic mass is 16.4. The summed E-state index contributed by atoms with van der Waals surface area (Å²) in [4.78, 5) is 22.1. The van der Waals surface area contributed by atoms with E-state index in [0.29, 0.717) is 12.8 Å². The first-order valence-electron chi connectivity index (χ1n) is 5.65. The van der Waals surface area contributed by atoms with E-state index in [2.05, 4.69) is 16.6 Å². The van der Waals surface area contributed by atoms with Gasteiger partial charge >= 0.3 is 5.97 Å². The third-order valence-electron chi connectivity index (χ3n) is 2.80. The molecule has 5 heteroatoms. The summed E-state index contributed by atoms with van der Waals surface area (Å²) in [6, 6.07) is -0.760. The van der Waals surface area contributed by atoms with E-state index in [9.17, 15) is 9.59 Å². The fourth-order valence-corrected chi connectivity index (χ4v) is 1.31. The molecule has 1 amide bonds. The van der Waals surface area contributed by atoms with E-state index in [1.807, 2.05) is 13.8 Å². The molecular formula is C12H20N2O3. The predicted octanol–water partition coefficient (Wildman–Crippen LogP) is 0.357. The van der Waals surface area contributed by atoms with E-state index in [1.165, 1.54) is 6.92 Å². The molecule has 0 aliphatic heterocycles. The zero-order valence-electron chi connectivity index (χ0n) is 10.5. The fraction of sp³-hybridized carbons (Fsp3) is 0.667. The monoisotopic (exact) mass is 240 g/mol. The van der Waals surface area contributed by atoms with Gasteiger partial charge in [-0.2, -0.15) is 0 Å². The van der Waals surface area contributed by atoms with E-state index >= 15 is 0 Å². The van der Waals surface area contributed by atoms with Crippen LogP contribution in [0.1, 0.15) is 33.6 Å². The summed E-state index contributed by atoms with van der Waals surface area (Å²) in [5, 5.41) is 14.0. The Labute approximate surface area is 102 Å². The fourth-order valence-electron chi connectivity index (χ4n) is 1.31. The normalized spacial score (nSPS) is 12.6. The number of rotatable bonds is 7. The van der Waals surface area contributed by atoms with E-state index in [4.69, 9.17) is 11.5 Å². The Morgan fingerprint density at radius 3 is 2.29 bits per heavy atom. The zero-order chi connectivity index (χ0) is 13.5. The van der Waals surface area contributed by atoms with Crippen LogP contribution in [-0.4, -0.2) is 35.1 Å². The van der Waals surface area contributed by atoms with Crippen molar-refractivity contribution in [2.24, 2.45) is 0 Å². The molecular weight excluding hydrogens is 220 g/mol. The van der Waals surface area contributed by atoms with Crippen molar-refractivity contribution in [3.63, 3.8) is 0 Å². The first-order valence-corrected chi connectivity index (χ1v) is 5.65. The largest absolute Gasteiger partial charge is 0.480 e. The van der Waals surface area contributed by atoms with Crippen molar-refractivity contribution < 1.29 is 14.7 Å². The molecule has 0 bridgehead atoms. The molecule has 0 aromatic carbocycles. The number of nitrogens with one attached hydrogen (secondary N) is 2. The van der Waals surface area contributed by atoms with Crippen molar-refractivity contribution in [2.75, 3.05) is 6.54 Å². The Kier molecular flexibility index (Phi) is 6.29. The minimum Gasteiger partial charge on any atom is -0.480 e. The average molecular weight is 240 g/mol. The van der Waals surface area contributed by atoms with E-state index in [0.717, 1.165) is 0 Å². The number of aliphatic carboxylic acids is 1. The second kappa shape index (κ2) is 6.92. The molecule has 0 fully saturated rings. The molecule has 1 atom stereocenters. The molecule has 0 saturated carbocycles. The number of hydrogen-bond acceptors (Lipinski definition) is 3. The lowest BCUT2D eigenvalue weighted by Gasteiger charge is -2.27. The van der Waals surface area contributed by atoms with Crippen LogP contribution in [0.3, 0.4) is 0 Å². The molecule has 96 valence electrons. The molecule has 0 radical (unpaired) electrons. The van der Waals surface area contributed by atoms with Crippen LogP contribution in [0.15, 0.2) is 0 Å². The van der Waals surface area contributed by atoms with Crippen LogP contribution >= 0.6 is 0 Å². The van der Waals surface area contributed by atoms with Crippen molar-refractivity contribution in [1.29, 1.82) is 0 Å². The van der Waals surface area contributed by atoms with Gasteiger partial charge in [0.15, 0.2) is 0 Å². The molecule has 3 N–H and O–H groups in total. The second-order valence-electron chi connectivity index (χ2n) is 3.92. The van der Waals surface area contributed by atoms with Crippen LogP contribution in [0.4, 0.5) is 0 Å². The number of carbonyl (C=O) groups excluding carboxylic acids is 1. The standard InChI is InChI=1S/C12H20N2O3/c1-5-12(6-2,7-3)14-10(15)8-13-9(4)11(16)17/h1,9,13H,6-8H2,2-4H3,(H,14,15)(H,16,17). The molecule has 0 aromatic heterocycles. The quantitative estimate of drug-likeness (QED) is 0.561. The van der Waals surface area contributed by atoms with Gasteiger partial charge < -0.3 is 10.4 Å². The Morgan fingerprint density at radius 1 is 1.41 bits per heavy atom. The Morgan fingerprint density at radius 2 is 1.94 bits per heavy atom. The highest BCUT2D eigenvalue weighted by Gasteiger charge is 2.25.